The van der Waals surface area contributed by atoms with Crippen LogP contribution in [0.5, 0.6) is 0 Å². The van der Waals surface area contributed by atoms with E-state index in [-0.39, 0.29) is 0 Å². The second-order valence-electron chi connectivity index (χ2n) is 5.50. The van der Waals surface area contributed by atoms with Crippen molar-refractivity contribution in [3.8, 4) is 11.4 Å². The number of anilines is 1. The third-order valence-electron chi connectivity index (χ3n) is 3.97. The average Bonchev–Trinajstić information content (AvgIpc) is 3.14. The number of aryl methyl sites for hydroxylation is 1. The van der Waals surface area contributed by atoms with Crippen molar-refractivity contribution in [1.29, 1.82) is 0 Å². The van der Waals surface area contributed by atoms with Crippen molar-refractivity contribution < 1.29 is 4.74 Å². The lowest BCUT2D eigenvalue weighted by Crippen LogP contribution is -2.20. The van der Waals surface area contributed by atoms with Crippen LogP contribution in [0, 0.1) is 0 Å². The molecule has 0 radical (unpaired) electrons. The molecule has 0 unspecified atom stereocenters. The first-order valence-electron chi connectivity index (χ1n) is 7.30. The van der Waals surface area contributed by atoms with Gasteiger partial charge in [-0.15, -0.1) is 0 Å². The minimum Gasteiger partial charge on any atom is -0.382 e. The van der Waals surface area contributed by atoms with Crippen LogP contribution in [-0.2, 0) is 11.8 Å². The highest BCUT2D eigenvalue weighted by Gasteiger charge is 2.21. The van der Waals surface area contributed by atoms with Gasteiger partial charge >= 0.3 is 0 Å². The minimum absolute atomic E-state index is 0.293. The van der Waals surface area contributed by atoms with E-state index < -0.39 is 0 Å². The van der Waals surface area contributed by atoms with Gasteiger partial charge in [-0.1, -0.05) is 0 Å². The summed E-state index contributed by atoms with van der Waals surface area (Å²) in [6.45, 7) is 1.50. The molecule has 22 heavy (non-hydrogen) atoms. The predicted molar refractivity (Wildman–Crippen MR) is 81.0 cm³/mol. The van der Waals surface area contributed by atoms with E-state index in [1.54, 1.807) is 17.1 Å². The number of fused-ring (bicyclic) bond motifs is 1. The minimum atomic E-state index is 0.293. The maximum atomic E-state index is 6.18. The van der Waals surface area contributed by atoms with Gasteiger partial charge < -0.3 is 10.5 Å². The third-order valence-corrected chi connectivity index (χ3v) is 3.97. The van der Waals surface area contributed by atoms with E-state index in [0.717, 1.165) is 42.7 Å². The predicted octanol–water partition coefficient (Wildman–Crippen LogP) is 1.16. The Bertz CT molecular complexity index is 816. The molecule has 4 heterocycles. The molecular formula is C14H17N7O. The van der Waals surface area contributed by atoms with E-state index in [1.165, 1.54) is 0 Å². The Labute approximate surface area is 126 Å². The fourth-order valence-electron chi connectivity index (χ4n) is 2.86. The molecule has 0 bridgehead atoms. The van der Waals surface area contributed by atoms with Gasteiger partial charge in [0.25, 0.3) is 0 Å². The van der Waals surface area contributed by atoms with Gasteiger partial charge in [0.15, 0.2) is 11.6 Å². The molecule has 2 N–H and O–H groups in total. The first-order chi connectivity index (χ1) is 10.7. The lowest BCUT2D eigenvalue weighted by Gasteiger charge is -2.23. The highest BCUT2D eigenvalue weighted by molar-refractivity contribution is 5.86. The molecule has 3 aromatic rings. The average molecular weight is 299 g/mol. The number of ether oxygens (including phenoxy) is 1. The van der Waals surface area contributed by atoms with Gasteiger partial charge in [0.05, 0.1) is 24.0 Å². The number of nitrogen functional groups attached to an aromatic ring is 1. The Morgan fingerprint density at radius 1 is 1.18 bits per heavy atom. The first kappa shape index (κ1) is 13.2. The molecule has 0 aromatic carbocycles. The zero-order chi connectivity index (χ0) is 15.1. The summed E-state index contributed by atoms with van der Waals surface area (Å²) < 4.78 is 9.06. The van der Waals surface area contributed by atoms with Gasteiger partial charge in [-0.3, -0.25) is 9.36 Å². The molecular weight excluding hydrogens is 282 g/mol. The molecule has 8 nitrogen and oxygen atoms in total. The largest absolute Gasteiger partial charge is 0.382 e. The van der Waals surface area contributed by atoms with Gasteiger partial charge in [-0.2, -0.15) is 10.2 Å². The Balaban J connectivity index is 1.80. The smallest absolute Gasteiger partial charge is 0.165 e. The lowest BCUT2D eigenvalue weighted by atomic mass is 10.1. The zero-order valence-corrected chi connectivity index (χ0v) is 12.3. The van der Waals surface area contributed by atoms with Crippen molar-refractivity contribution in [1.82, 2.24) is 29.5 Å². The number of hydrogen-bond acceptors (Lipinski definition) is 6. The normalized spacial score (nSPS) is 16.4. The van der Waals surface area contributed by atoms with Crippen LogP contribution in [0.15, 0.2) is 18.6 Å². The number of hydrogen-bond donors (Lipinski definition) is 1. The van der Waals surface area contributed by atoms with Crippen LogP contribution in [0.3, 0.4) is 0 Å². The van der Waals surface area contributed by atoms with Crippen LogP contribution >= 0.6 is 0 Å². The van der Waals surface area contributed by atoms with Crippen molar-refractivity contribution in [3.63, 3.8) is 0 Å². The molecule has 1 aliphatic heterocycles. The van der Waals surface area contributed by atoms with Crippen molar-refractivity contribution >= 4 is 16.9 Å². The van der Waals surface area contributed by atoms with Crippen molar-refractivity contribution in [2.24, 2.45) is 7.05 Å². The van der Waals surface area contributed by atoms with Gasteiger partial charge in [0, 0.05) is 26.5 Å². The zero-order valence-electron chi connectivity index (χ0n) is 12.3. The molecule has 8 heteroatoms. The molecule has 0 spiro atoms. The van der Waals surface area contributed by atoms with Gasteiger partial charge in [0.1, 0.15) is 11.0 Å². The number of nitrogens with two attached hydrogens (primary N) is 1. The molecule has 1 aliphatic rings. The molecule has 0 atom stereocenters. The molecule has 1 fully saturated rings. The second-order valence-corrected chi connectivity index (χ2v) is 5.50. The van der Waals surface area contributed by atoms with Gasteiger partial charge in [-0.25, -0.2) is 9.97 Å². The number of rotatable bonds is 2. The number of aromatic nitrogens is 6. The fourth-order valence-corrected chi connectivity index (χ4v) is 2.86. The summed E-state index contributed by atoms with van der Waals surface area (Å²) in [6, 6.07) is 0.293. The monoisotopic (exact) mass is 299 g/mol. The highest BCUT2D eigenvalue weighted by Crippen LogP contribution is 2.28. The fraction of sp³-hybridized carbons (Fsp3) is 0.429. The summed E-state index contributed by atoms with van der Waals surface area (Å²) in [6.07, 6.45) is 7.21. The maximum absolute atomic E-state index is 6.18. The summed E-state index contributed by atoms with van der Waals surface area (Å²) in [5.74, 6) is 1.03. The molecule has 0 aliphatic carbocycles. The summed E-state index contributed by atoms with van der Waals surface area (Å²) in [5.41, 5.74) is 8.59. The van der Waals surface area contributed by atoms with Crippen molar-refractivity contribution in [2.45, 2.75) is 18.9 Å². The quantitative estimate of drug-likeness (QED) is 0.762. The van der Waals surface area contributed by atoms with E-state index in [9.17, 15) is 0 Å². The molecule has 1 saturated heterocycles. The highest BCUT2D eigenvalue weighted by atomic mass is 16.5. The maximum Gasteiger partial charge on any atom is 0.165 e. The van der Waals surface area contributed by atoms with E-state index in [2.05, 4.69) is 20.2 Å². The molecule has 0 amide bonds. The Kier molecular flexibility index (Phi) is 3.04. The third kappa shape index (κ3) is 2.12. The van der Waals surface area contributed by atoms with Gasteiger partial charge in [0.2, 0.25) is 0 Å². The Morgan fingerprint density at radius 3 is 2.73 bits per heavy atom. The molecule has 114 valence electrons. The van der Waals surface area contributed by atoms with E-state index in [0.29, 0.717) is 17.7 Å². The van der Waals surface area contributed by atoms with Crippen LogP contribution in [0.4, 0.5) is 5.82 Å². The standard InChI is InChI=1S/C14H17N7O/c1-20-8-9(6-16-20)14-18-11-7-17-21(12(11)13(15)19-14)10-2-4-22-5-3-10/h6-8,10H,2-5H2,1H3,(H2,15,18,19). The molecule has 3 aromatic heterocycles. The van der Waals surface area contributed by atoms with Crippen LogP contribution in [0.1, 0.15) is 18.9 Å². The van der Waals surface area contributed by atoms with Crippen LogP contribution in [0.2, 0.25) is 0 Å². The summed E-state index contributed by atoms with van der Waals surface area (Å²) in [4.78, 5) is 9.01. The van der Waals surface area contributed by atoms with Crippen LogP contribution in [-0.4, -0.2) is 42.7 Å². The summed E-state index contributed by atoms with van der Waals surface area (Å²) in [7, 11) is 1.86. The molecule has 0 saturated carbocycles. The summed E-state index contributed by atoms with van der Waals surface area (Å²) >= 11 is 0. The van der Waals surface area contributed by atoms with Crippen LogP contribution in [0.25, 0.3) is 22.4 Å². The topological polar surface area (TPSA) is 96.7 Å². The molecule has 4 rings (SSSR count). The van der Waals surface area contributed by atoms with Gasteiger partial charge in [-0.05, 0) is 12.8 Å². The van der Waals surface area contributed by atoms with Crippen LogP contribution < -0.4 is 5.73 Å². The van der Waals surface area contributed by atoms with Crippen molar-refractivity contribution in [2.75, 3.05) is 18.9 Å². The summed E-state index contributed by atoms with van der Waals surface area (Å²) in [5, 5.41) is 8.62. The SMILES string of the molecule is Cn1cc(-c2nc(N)c3c(cnn3C3CCOCC3)n2)cn1. The van der Waals surface area contributed by atoms with Crippen molar-refractivity contribution in [3.05, 3.63) is 18.6 Å². The Morgan fingerprint density at radius 2 is 2.00 bits per heavy atom. The second kappa shape index (κ2) is 5.06. The number of nitrogens with zero attached hydrogens (tertiary/aromatic N) is 6. The first-order valence-corrected chi connectivity index (χ1v) is 7.30. The Hall–Kier alpha value is -2.48. The van der Waals surface area contributed by atoms with E-state index in [4.69, 9.17) is 10.5 Å². The lowest BCUT2D eigenvalue weighted by molar-refractivity contribution is 0.0675. The van der Waals surface area contributed by atoms with E-state index in [1.807, 2.05) is 17.9 Å². The van der Waals surface area contributed by atoms with E-state index >= 15 is 0 Å².